The Hall–Kier alpha value is -3.41. The van der Waals surface area contributed by atoms with Crippen LogP contribution >= 0.6 is 0 Å². The number of nitrogens with zero attached hydrogens (tertiary/aromatic N) is 5. The van der Waals surface area contributed by atoms with Gasteiger partial charge in [0.1, 0.15) is 5.75 Å². The first-order valence-corrected chi connectivity index (χ1v) is 7.44. The average Bonchev–Trinajstić information content (AvgIpc) is 3.20. The van der Waals surface area contributed by atoms with Crippen LogP contribution in [0.15, 0.2) is 61.6 Å². The third-order valence-electron chi connectivity index (χ3n) is 3.89. The maximum absolute atomic E-state index is 9.44. The van der Waals surface area contributed by atoms with Crippen LogP contribution in [0.1, 0.15) is 11.3 Å². The summed E-state index contributed by atoms with van der Waals surface area (Å²) in [6.07, 6.45) is 5.45. The Morgan fingerprint density at radius 3 is 2.58 bits per heavy atom. The van der Waals surface area contributed by atoms with Crippen LogP contribution in [-0.2, 0) is 7.05 Å². The van der Waals surface area contributed by atoms with Crippen LogP contribution in [0.4, 0.5) is 0 Å². The van der Waals surface area contributed by atoms with Crippen molar-refractivity contribution in [2.45, 2.75) is 0 Å². The topological polar surface area (TPSA) is 68.2 Å². The van der Waals surface area contributed by atoms with Gasteiger partial charge in [0.25, 0.3) is 0 Å². The second kappa shape index (κ2) is 5.34. The summed E-state index contributed by atoms with van der Waals surface area (Å²) in [6, 6.07) is 10.8. The zero-order chi connectivity index (χ0) is 16.7. The van der Waals surface area contributed by atoms with E-state index in [0.717, 1.165) is 33.7 Å². The molecule has 3 aromatic heterocycles. The summed E-state index contributed by atoms with van der Waals surface area (Å²) in [5.74, 6) is 0.224. The molecule has 4 aromatic rings. The lowest BCUT2D eigenvalue weighted by atomic mass is 10.1. The van der Waals surface area contributed by atoms with Crippen molar-refractivity contribution in [3.05, 3.63) is 72.8 Å². The maximum Gasteiger partial charge on any atom is 0.154 e. The highest BCUT2D eigenvalue weighted by Crippen LogP contribution is 2.25. The minimum atomic E-state index is 0.224. The molecule has 3 heterocycles. The summed E-state index contributed by atoms with van der Waals surface area (Å²) in [4.78, 5) is 4.39. The Balaban J connectivity index is 1.81. The summed E-state index contributed by atoms with van der Waals surface area (Å²) in [5, 5.41) is 18.3. The summed E-state index contributed by atoms with van der Waals surface area (Å²) in [5.41, 5.74) is 5.00. The van der Waals surface area contributed by atoms with Crippen molar-refractivity contribution in [3.8, 4) is 17.0 Å². The predicted octanol–water partition coefficient (Wildman–Crippen LogP) is 2.90. The van der Waals surface area contributed by atoms with Gasteiger partial charge in [-0.25, -0.2) is 9.50 Å². The van der Waals surface area contributed by atoms with Gasteiger partial charge in [-0.05, 0) is 29.8 Å². The summed E-state index contributed by atoms with van der Waals surface area (Å²) in [7, 11) is 1.87. The lowest BCUT2D eigenvalue weighted by molar-refractivity contribution is 0.475. The van der Waals surface area contributed by atoms with E-state index in [9.17, 15) is 5.11 Å². The molecule has 0 unspecified atom stereocenters. The van der Waals surface area contributed by atoms with Crippen LogP contribution in [0, 0.1) is 0 Å². The van der Waals surface area contributed by atoms with Crippen LogP contribution in [-0.4, -0.2) is 29.5 Å². The van der Waals surface area contributed by atoms with E-state index < -0.39 is 0 Å². The van der Waals surface area contributed by atoms with Crippen LogP contribution < -0.4 is 0 Å². The third-order valence-corrected chi connectivity index (χ3v) is 3.89. The van der Waals surface area contributed by atoms with Gasteiger partial charge in [-0.2, -0.15) is 10.2 Å². The number of phenols is 1. The largest absolute Gasteiger partial charge is 0.508 e. The van der Waals surface area contributed by atoms with Gasteiger partial charge in [-0.15, -0.1) is 0 Å². The maximum atomic E-state index is 9.44. The van der Waals surface area contributed by atoms with E-state index >= 15 is 0 Å². The monoisotopic (exact) mass is 317 g/mol. The van der Waals surface area contributed by atoms with E-state index in [1.165, 1.54) is 0 Å². The van der Waals surface area contributed by atoms with E-state index in [0.29, 0.717) is 0 Å². The predicted molar refractivity (Wildman–Crippen MR) is 91.4 cm³/mol. The molecule has 0 aliphatic rings. The number of aryl methyl sites for hydroxylation is 1. The van der Waals surface area contributed by atoms with Crippen molar-refractivity contribution in [1.82, 2.24) is 24.4 Å². The van der Waals surface area contributed by atoms with Crippen molar-refractivity contribution in [3.63, 3.8) is 0 Å². The molecular weight excluding hydrogens is 302 g/mol. The molecule has 0 bridgehead atoms. The Labute approximate surface area is 138 Å². The van der Waals surface area contributed by atoms with Crippen molar-refractivity contribution >= 4 is 11.2 Å². The Kier molecular flexibility index (Phi) is 3.16. The lowest BCUT2D eigenvalue weighted by Gasteiger charge is -2.06. The molecule has 0 aliphatic heterocycles. The molecule has 1 aromatic carbocycles. The van der Waals surface area contributed by atoms with E-state index in [1.807, 2.05) is 37.5 Å². The smallest absolute Gasteiger partial charge is 0.154 e. The summed E-state index contributed by atoms with van der Waals surface area (Å²) in [6.45, 7) is 4.15. The van der Waals surface area contributed by atoms with Gasteiger partial charge < -0.3 is 5.11 Å². The van der Waals surface area contributed by atoms with Gasteiger partial charge in [0.2, 0.25) is 0 Å². The summed E-state index contributed by atoms with van der Waals surface area (Å²) < 4.78 is 3.52. The highest BCUT2D eigenvalue weighted by molar-refractivity contribution is 5.77. The van der Waals surface area contributed by atoms with Gasteiger partial charge in [-0.3, -0.25) is 4.68 Å². The molecule has 6 heteroatoms. The molecule has 118 valence electrons. The minimum absolute atomic E-state index is 0.224. The molecule has 0 fully saturated rings. The van der Waals surface area contributed by atoms with Gasteiger partial charge in [0.15, 0.2) is 5.65 Å². The van der Waals surface area contributed by atoms with Crippen molar-refractivity contribution in [2.75, 3.05) is 0 Å². The van der Waals surface area contributed by atoms with Crippen molar-refractivity contribution in [2.24, 2.45) is 7.05 Å². The van der Waals surface area contributed by atoms with Crippen molar-refractivity contribution in [1.29, 1.82) is 0 Å². The Morgan fingerprint density at radius 2 is 1.88 bits per heavy atom. The average molecular weight is 317 g/mol. The van der Waals surface area contributed by atoms with E-state index in [1.54, 1.807) is 33.7 Å². The van der Waals surface area contributed by atoms with E-state index in [-0.39, 0.29) is 5.75 Å². The highest BCUT2D eigenvalue weighted by atomic mass is 16.3. The van der Waals surface area contributed by atoms with Crippen LogP contribution in [0.2, 0.25) is 0 Å². The molecule has 1 N–H and O–H groups in total. The molecule has 0 spiro atoms. The molecular formula is C18H15N5O. The first-order valence-electron chi connectivity index (χ1n) is 7.44. The highest BCUT2D eigenvalue weighted by Gasteiger charge is 2.12. The quantitative estimate of drug-likeness (QED) is 0.631. The zero-order valence-electron chi connectivity index (χ0n) is 13.1. The Bertz CT molecular complexity index is 1040. The molecule has 0 amide bonds. The lowest BCUT2D eigenvalue weighted by Crippen LogP contribution is -1.99. The van der Waals surface area contributed by atoms with Crippen LogP contribution in [0.3, 0.4) is 0 Å². The second-order valence-electron chi connectivity index (χ2n) is 5.56. The van der Waals surface area contributed by atoms with Gasteiger partial charge in [0.05, 0.1) is 23.8 Å². The van der Waals surface area contributed by atoms with Gasteiger partial charge in [0, 0.05) is 24.4 Å². The number of imidazole rings is 1. The first-order chi connectivity index (χ1) is 11.6. The molecule has 6 nitrogen and oxygen atoms in total. The van der Waals surface area contributed by atoms with Gasteiger partial charge in [-0.1, -0.05) is 18.7 Å². The molecule has 0 saturated heterocycles. The fourth-order valence-electron chi connectivity index (χ4n) is 2.60. The number of benzene rings is 1. The molecule has 4 rings (SSSR count). The summed E-state index contributed by atoms with van der Waals surface area (Å²) >= 11 is 0. The van der Waals surface area contributed by atoms with Crippen LogP contribution in [0.25, 0.3) is 22.5 Å². The minimum Gasteiger partial charge on any atom is -0.508 e. The van der Waals surface area contributed by atoms with E-state index in [2.05, 4.69) is 21.8 Å². The van der Waals surface area contributed by atoms with Crippen molar-refractivity contribution < 1.29 is 5.11 Å². The number of rotatable bonds is 3. The number of hydrogen-bond acceptors (Lipinski definition) is 4. The molecule has 0 saturated carbocycles. The third kappa shape index (κ3) is 2.34. The number of aromatic nitrogens is 5. The SMILES string of the molecule is C=C(c1ccc(O)cc1)c1cnc2ccc(-c3cnn(C)c3)nn12. The first kappa shape index (κ1) is 14.2. The Morgan fingerprint density at radius 1 is 1.08 bits per heavy atom. The van der Waals surface area contributed by atoms with E-state index in [4.69, 9.17) is 0 Å². The molecule has 24 heavy (non-hydrogen) atoms. The molecule has 0 aliphatic carbocycles. The number of phenolic OH excluding ortho intramolecular Hbond substituents is 1. The zero-order valence-corrected chi connectivity index (χ0v) is 13.1. The standard InChI is InChI=1S/C18H15N5O/c1-12(13-3-5-15(24)6-4-13)17-10-19-18-8-7-16(21-23(17)18)14-9-20-22(2)11-14/h3-11,24H,1H2,2H3. The fraction of sp³-hybridized carbons (Fsp3) is 0.0556. The molecule has 0 atom stereocenters. The number of aromatic hydroxyl groups is 1. The second-order valence-corrected chi connectivity index (χ2v) is 5.56. The van der Waals surface area contributed by atoms with Gasteiger partial charge >= 0.3 is 0 Å². The molecule has 0 radical (unpaired) electrons. The fourth-order valence-corrected chi connectivity index (χ4v) is 2.60. The van der Waals surface area contributed by atoms with Crippen LogP contribution in [0.5, 0.6) is 5.75 Å². The number of fused-ring (bicyclic) bond motifs is 1. The normalized spacial score (nSPS) is 11.0. The number of hydrogen-bond donors (Lipinski definition) is 1.